The summed E-state index contributed by atoms with van der Waals surface area (Å²) >= 11 is 0. The number of carbonyl (C=O) groups excluding carboxylic acids is 2. The van der Waals surface area contributed by atoms with E-state index < -0.39 is 6.04 Å². The smallest absolute Gasteiger partial charge is 0.254 e. The average Bonchev–Trinajstić information content (AvgIpc) is 2.85. The van der Waals surface area contributed by atoms with Crippen LogP contribution in [0, 0.1) is 12.8 Å². The highest BCUT2D eigenvalue weighted by molar-refractivity contribution is 5.97. The quantitative estimate of drug-likeness (QED) is 0.533. The monoisotopic (exact) mass is 473 g/mol. The number of nitrogens with one attached hydrogen (secondary N) is 1. The summed E-state index contributed by atoms with van der Waals surface area (Å²) in [5, 5.41) is 2.93. The van der Waals surface area contributed by atoms with Gasteiger partial charge in [0.1, 0.15) is 6.04 Å². The molecular formula is C26H43N5O3. The molecule has 2 aliphatic rings. The first-order valence-electron chi connectivity index (χ1n) is 12.8. The highest BCUT2D eigenvalue weighted by atomic mass is 16.5. The Kier molecular flexibility index (Phi) is 10.3. The molecule has 0 bridgehead atoms. The third-order valence-corrected chi connectivity index (χ3v) is 6.80. The molecule has 2 saturated heterocycles. The Morgan fingerprint density at radius 2 is 1.88 bits per heavy atom. The number of nitrogens with two attached hydrogens (primary N) is 1. The predicted molar refractivity (Wildman–Crippen MR) is 135 cm³/mol. The van der Waals surface area contributed by atoms with E-state index in [0.29, 0.717) is 37.5 Å². The zero-order valence-corrected chi connectivity index (χ0v) is 21.2. The number of piperidine rings is 1. The summed E-state index contributed by atoms with van der Waals surface area (Å²) < 4.78 is 5.49. The minimum absolute atomic E-state index is 0.0740. The molecule has 8 nitrogen and oxygen atoms in total. The first-order chi connectivity index (χ1) is 16.4. The third-order valence-electron chi connectivity index (χ3n) is 6.80. The molecule has 190 valence electrons. The van der Waals surface area contributed by atoms with Gasteiger partial charge in [-0.25, -0.2) is 0 Å². The normalized spacial score (nSPS) is 21.8. The van der Waals surface area contributed by atoms with Crippen LogP contribution in [0.1, 0.15) is 42.6 Å². The highest BCUT2D eigenvalue weighted by Gasteiger charge is 2.38. The number of amides is 2. The van der Waals surface area contributed by atoms with E-state index in [1.807, 2.05) is 31.2 Å². The van der Waals surface area contributed by atoms with Crippen LogP contribution in [0.5, 0.6) is 0 Å². The van der Waals surface area contributed by atoms with E-state index in [9.17, 15) is 9.59 Å². The van der Waals surface area contributed by atoms with Crippen molar-refractivity contribution in [3.8, 4) is 0 Å². The maximum Gasteiger partial charge on any atom is 0.254 e. The molecule has 34 heavy (non-hydrogen) atoms. The molecule has 2 aliphatic heterocycles. The van der Waals surface area contributed by atoms with Crippen LogP contribution in [-0.4, -0.2) is 104 Å². The molecule has 2 amide bonds. The standard InChI is InChI=1S/C26H43N5O3/c1-20(2)19-30(13-12-29-14-16-34-17-15-29)23-8-11-31(24(18-23)25(32)28-10-9-27)26(33)22-6-4-21(3)5-7-22/h4-7,20,23-24H,8-19,27H2,1-3H3,(H,28,32)/t23?,24-/m1/s1. The SMILES string of the molecule is Cc1ccc(C(=O)N2CCC(N(CCN3CCOCC3)CC(C)C)C[C@@H]2C(=O)NCCN)cc1. The summed E-state index contributed by atoms with van der Waals surface area (Å²) in [6, 6.07) is 7.37. The summed E-state index contributed by atoms with van der Waals surface area (Å²) in [6.07, 6.45) is 1.51. The molecule has 8 heteroatoms. The Morgan fingerprint density at radius 3 is 2.53 bits per heavy atom. The van der Waals surface area contributed by atoms with Crippen LogP contribution in [0.3, 0.4) is 0 Å². The maximum absolute atomic E-state index is 13.4. The van der Waals surface area contributed by atoms with E-state index in [4.69, 9.17) is 10.5 Å². The summed E-state index contributed by atoms with van der Waals surface area (Å²) in [5.41, 5.74) is 7.37. The number of aryl methyl sites for hydroxylation is 1. The Hall–Kier alpha value is -2.00. The van der Waals surface area contributed by atoms with E-state index in [-0.39, 0.29) is 17.9 Å². The molecular weight excluding hydrogens is 430 g/mol. The van der Waals surface area contributed by atoms with E-state index in [0.717, 1.165) is 57.9 Å². The van der Waals surface area contributed by atoms with Gasteiger partial charge in [0.2, 0.25) is 5.91 Å². The van der Waals surface area contributed by atoms with Crippen molar-refractivity contribution in [2.75, 3.05) is 65.6 Å². The molecule has 1 aromatic rings. The molecule has 2 fully saturated rings. The van der Waals surface area contributed by atoms with Crippen molar-refractivity contribution in [3.05, 3.63) is 35.4 Å². The lowest BCUT2D eigenvalue weighted by Gasteiger charge is -2.44. The van der Waals surface area contributed by atoms with Gasteiger partial charge in [0.25, 0.3) is 5.91 Å². The zero-order chi connectivity index (χ0) is 24.5. The number of morpholine rings is 1. The van der Waals surface area contributed by atoms with E-state index in [2.05, 4.69) is 29.0 Å². The van der Waals surface area contributed by atoms with Gasteiger partial charge in [-0.15, -0.1) is 0 Å². The van der Waals surface area contributed by atoms with Crippen LogP contribution in [0.25, 0.3) is 0 Å². The van der Waals surface area contributed by atoms with Crippen LogP contribution in [-0.2, 0) is 9.53 Å². The molecule has 3 rings (SSSR count). The van der Waals surface area contributed by atoms with Crippen LogP contribution in [0.15, 0.2) is 24.3 Å². The van der Waals surface area contributed by atoms with Gasteiger partial charge >= 0.3 is 0 Å². The second-order valence-corrected chi connectivity index (χ2v) is 9.98. The summed E-state index contributed by atoms with van der Waals surface area (Å²) in [5.74, 6) is 0.352. The van der Waals surface area contributed by atoms with Crippen molar-refractivity contribution >= 4 is 11.8 Å². The molecule has 0 saturated carbocycles. The second-order valence-electron chi connectivity index (χ2n) is 9.98. The second kappa shape index (κ2) is 13.2. The fraction of sp³-hybridized carbons (Fsp3) is 0.692. The number of ether oxygens (including phenoxy) is 1. The van der Waals surface area contributed by atoms with E-state index in [1.54, 1.807) is 4.90 Å². The number of hydrogen-bond acceptors (Lipinski definition) is 6. The third kappa shape index (κ3) is 7.50. The number of benzene rings is 1. The van der Waals surface area contributed by atoms with Crippen molar-refractivity contribution in [2.24, 2.45) is 11.7 Å². The van der Waals surface area contributed by atoms with Gasteiger partial charge in [-0.3, -0.25) is 19.4 Å². The van der Waals surface area contributed by atoms with Gasteiger partial charge < -0.3 is 20.7 Å². The highest BCUT2D eigenvalue weighted by Crippen LogP contribution is 2.25. The van der Waals surface area contributed by atoms with Crippen LogP contribution in [0.4, 0.5) is 0 Å². The molecule has 3 N–H and O–H groups in total. The summed E-state index contributed by atoms with van der Waals surface area (Å²) in [7, 11) is 0. The number of nitrogens with zero attached hydrogens (tertiary/aromatic N) is 3. The van der Waals surface area contributed by atoms with Crippen LogP contribution < -0.4 is 11.1 Å². The lowest BCUT2D eigenvalue weighted by atomic mass is 9.93. The van der Waals surface area contributed by atoms with Crippen molar-refractivity contribution in [1.29, 1.82) is 0 Å². The van der Waals surface area contributed by atoms with Gasteiger partial charge in [0.05, 0.1) is 13.2 Å². The van der Waals surface area contributed by atoms with Crippen LogP contribution >= 0.6 is 0 Å². The molecule has 0 aromatic heterocycles. The fourth-order valence-corrected chi connectivity index (χ4v) is 4.93. The summed E-state index contributed by atoms with van der Waals surface area (Å²) in [6.45, 7) is 14.4. The largest absolute Gasteiger partial charge is 0.379 e. The zero-order valence-electron chi connectivity index (χ0n) is 21.2. The topological polar surface area (TPSA) is 91.1 Å². The molecule has 0 radical (unpaired) electrons. The number of likely N-dealkylation sites (tertiary alicyclic amines) is 1. The lowest BCUT2D eigenvalue weighted by molar-refractivity contribution is -0.127. The molecule has 2 atom stereocenters. The molecule has 1 aromatic carbocycles. The molecule has 0 aliphatic carbocycles. The Labute approximate surface area is 204 Å². The average molecular weight is 474 g/mol. The van der Waals surface area contributed by atoms with Gasteiger partial charge in [-0.2, -0.15) is 0 Å². The Morgan fingerprint density at radius 1 is 1.18 bits per heavy atom. The molecule has 1 unspecified atom stereocenters. The van der Waals surface area contributed by atoms with Gasteiger partial charge in [-0.05, 0) is 37.8 Å². The Balaban J connectivity index is 1.73. The first-order valence-corrected chi connectivity index (χ1v) is 12.8. The van der Waals surface area contributed by atoms with Gasteiger partial charge in [-0.1, -0.05) is 31.5 Å². The minimum atomic E-state index is -0.489. The molecule has 2 heterocycles. The minimum Gasteiger partial charge on any atom is -0.379 e. The van der Waals surface area contributed by atoms with Gasteiger partial charge in [0.15, 0.2) is 0 Å². The van der Waals surface area contributed by atoms with Crippen molar-refractivity contribution < 1.29 is 14.3 Å². The molecule has 0 spiro atoms. The number of rotatable bonds is 10. The van der Waals surface area contributed by atoms with Crippen LogP contribution in [0.2, 0.25) is 0 Å². The van der Waals surface area contributed by atoms with E-state index in [1.165, 1.54) is 0 Å². The van der Waals surface area contributed by atoms with Crippen molar-refractivity contribution in [3.63, 3.8) is 0 Å². The summed E-state index contributed by atoms with van der Waals surface area (Å²) in [4.78, 5) is 33.3. The van der Waals surface area contributed by atoms with Gasteiger partial charge in [0, 0.05) is 64.0 Å². The number of carbonyl (C=O) groups is 2. The maximum atomic E-state index is 13.4. The first kappa shape index (κ1) is 26.6. The number of hydrogen-bond donors (Lipinski definition) is 2. The van der Waals surface area contributed by atoms with Crippen molar-refractivity contribution in [1.82, 2.24) is 20.0 Å². The predicted octanol–water partition coefficient (Wildman–Crippen LogP) is 1.33. The fourth-order valence-electron chi connectivity index (χ4n) is 4.93. The lowest BCUT2D eigenvalue weighted by Crippen LogP contribution is -2.58. The van der Waals surface area contributed by atoms with E-state index >= 15 is 0 Å². The van der Waals surface area contributed by atoms with Crippen molar-refractivity contribution in [2.45, 2.75) is 45.7 Å². The Bertz CT molecular complexity index is 779.